The molecule has 0 fully saturated rings. The van der Waals surface area contributed by atoms with Crippen LogP contribution in [0.2, 0.25) is 0 Å². The van der Waals surface area contributed by atoms with E-state index in [9.17, 15) is 4.79 Å². The third-order valence-electron chi connectivity index (χ3n) is 5.10. The number of nitrogens with zero attached hydrogens (tertiary/aromatic N) is 4. The molecule has 0 unspecified atom stereocenters. The normalized spacial score (nSPS) is 11.0. The minimum Gasteiger partial charge on any atom is -0.494 e. The quantitative estimate of drug-likeness (QED) is 0.356. The number of fused-ring (bicyclic) bond motifs is 1. The van der Waals surface area contributed by atoms with E-state index in [1.807, 2.05) is 96.4 Å². The summed E-state index contributed by atoms with van der Waals surface area (Å²) in [5.74, 6) is 0.476. The number of imidazole rings is 1. The lowest BCUT2D eigenvalue weighted by Crippen LogP contribution is -2.15. The number of amides is 1. The maximum absolute atomic E-state index is 12.4. The molecule has 0 aliphatic heterocycles. The van der Waals surface area contributed by atoms with E-state index in [1.165, 1.54) is 11.8 Å². The molecule has 2 heterocycles. The van der Waals surface area contributed by atoms with Crippen molar-refractivity contribution in [3.05, 3.63) is 90.6 Å². The van der Waals surface area contributed by atoms with Crippen molar-refractivity contribution in [1.82, 2.24) is 19.5 Å². The Kier molecular flexibility index (Phi) is 5.97. The summed E-state index contributed by atoms with van der Waals surface area (Å²) in [6, 6.07) is 27.1. The molecule has 0 atom stereocenters. The maximum atomic E-state index is 12.4. The van der Waals surface area contributed by atoms with Crippen molar-refractivity contribution in [3.8, 4) is 22.8 Å². The number of hydrogen-bond donors (Lipinski definition) is 1. The highest BCUT2D eigenvalue weighted by molar-refractivity contribution is 7.99. The molecule has 7 nitrogen and oxygen atoms in total. The van der Waals surface area contributed by atoms with Gasteiger partial charge in [-0.05, 0) is 55.5 Å². The Hall–Kier alpha value is -4.17. The lowest BCUT2D eigenvalue weighted by atomic mass is 10.2. The van der Waals surface area contributed by atoms with Gasteiger partial charge in [0.05, 0.1) is 6.61 Å². The van der Waals surface area contributed by atoms with Crippen LogP contribution in [-0.2, 0) is 0 Å². The zero-order chi connectivity index (χ0) is 23.5. The summed E-state index contributed by atoms with van der Waals surface area (Å²) in [5.41, 5.74) is 8.31. The number of carbonyl (C=O) groups excluding carboxylic acids is 1. The Bertz CT molecular complexity index is 1450. The molecule has 168 valence electrons. The molecule has 0 spiro atoms. The number of nitrogens with two attached hydrogens (primary N) is 1. The van der Waals surface area contributed by atoms with Gasteiger partial charge in [0, 0.05) is 16.1 Å². The first kappa shape index (κ1) is 21.7. The van der Waals surface area contributed by atoms with E-state index in [1.54, 1.807) is 0 Å². The van der Waals surface area contributed by atoms with E-state index in [0.717, 1.165) is 21.9 Å². The van der Waals surface area contributed by atoms with Gasteiger partial charge in [0.25, 0.3) is 5.91 Å². The fraction of sp³-hybridized carbons (Fsp3) is 0.0769. The van der Waals surface area contributed by atoms with Crippen molar-refractivity contribution >= 4 is 28.8 Å². The largest absolute Gasteiger partial charge is 0.494 e. The standard InChI is InChI=1S/C26H21N5O2S/c1-2-33-19-15-13-17(14-16-19)24-28-21(23(27)32)22-25(30-24)31(18-9-5-3-6-10-18)26(29-22)34-20-11-7-4-8-12-20/h3-16H,2H2,1H3,(H2,27,32). The Morgan fingerprint density at radius 1 is 0.912 bits per heavy atom. The van der Waals surface area contributed by atoms with Crippen LogP contribution in [0.4, 0.5) is 0 Å². The highest BCUT2D eigenvalue weighted by atomic mass is 32.2. The van der Waals surface area contributed by atoms with Crippen molar-refractivity contribution in [3.63, 3.8) is 0 Å². The summed E-state index contributed by atoms with van der Waals surface area (Å²) < 4.78 is 7.46. The zero-order valence-corrected chi connectivity index (χ0v) is 19.2. The van der Waals surface area contributed by atoms with E-state index in [2.05, 4.69) is 4.98 Å². The second kappa shape index (κ2) is 9.36. The Labute approximate surface area is 200 Å². The minimum absolute atomic E-state index is 0.0819. The monoisotopic (exact) mass is 467 g/mol. The topological polar surface area (TPSA) is 95.9 Å². The number of aromatic nitrogens is 4. The predicted octanol–water partition coefficient (Wildman–Crippen LogP) is 5.13. The van der Waals surface area contributed by atoms with Gasteiger partial charge in [-0.15, -0.1) is 0 Å². The number of hydrogen-bond acceptors (Lipinski definition) is 6. The summed E-state index contributed by atoms with van der Waals surface area (Å²) >= 11 is 1.48. The second-order valence-corrected chi connectivity index (χ2v) is 8.41. The summed E-state index contributed by atoms with van der Waals surface area (Å²) in [6.45, 7) is 2.51. The summed E-state index contributed by atoms with van der Waals surface area (Å²) in [6.07, 6.45) is 0. The average molecular weight is 468 g/mol. The van der Waals surface area contributed by atoms with Crippen LogP contribution in [0.5, 0.6) is 5.75 Å². The van der Waals surface area contributed by atoms with Gasteiger partial charge >= 0.3 is 0 Å². The first-order chi connectivity index (χ1) is 16.6. The molecule has 2 N–H and O–H groups in total. The Morgan fingerprint density at radius 3 is 2.24 bits per heavy atom. The fourth-order valence-corrected chi connectivity index (χ4v) is 4.50. The van der Waals surface area contributed by atoms with Crippen molar-refractivity contribution in [1.29, 1.82) is 0 Å². The molecule has 0 bridgehead atoms. The highest BCUT2D eigenvalue weighted by Crippen LogP contribution is 2.33. The molecule has 3 aromatic carbocycles. The van der Waals surface area contributed by atoms with Crippen LogP contribution in [0.15, 0.2) is 95.0 Å². The molecule has 0 aliphatic rings. The van der Waals surface area contributed by atoms with Gasteiger partial charge in [0.2, 0.25) is 0 Å². The van der Waals surface area contributed by atoms with Crippen molar-refractivity contribution in [2.75, 3.05) is 6.61 Å². The van der Waals surface area contributed by atoms with Gasteiger partial charge in [-0.1, -0.05) is 48.2 Å². The van der Waals surface area contributed by atoms with Crippen LogP contribution in [0, 0.1) is 0 Å². The lowest BCUT2D eigenvalue weighted by Gasteiger charge is -2.10. The van der Waals surface area contributed by atoms with Crippen LogP contribution in [-0.4, -0.2) is 32.0 Å². The van der Waals surface area contributed by atoms with Gasteiger partial charge < -0.3 is 10.5 Å². The van der Waals surface area contributed by atoms with Crippen molar-refractivity contribution in [2.24, 2.45) is 5.73 Å². The van der Waals surface area contributed by atoms with Gasteiger partial charge in [0.15, 0.2) is 22.3 Å². The molecule has 34 heavy (non-hydrogen) atoms. The van der Waals surface area contributed by atoms with Gasteiger partial charge in [0.1, 0.15) is 11.3 Å². The molecule has 0 saturated carbocycles. The van der Waals surface area contributed by atoms with Crippen molar-refractivity contribution in [2.45, 2.75) is 17.0 Å². The molecule has 1 amide bonds. The number of ether oxygens (including phenoxy) is 1. The molecular formula is C26H21N5O2S. The molecule has 0 saturated heterocycles. The lowest BCUT2D eigenvalue weighted by molar-refractivity contribution is 0.0997. The van der Waals surface area contributed by atoms with E-state index < -0.39 is 5.91 Å². The molecule has 0 aliphatic carbocycles. The first-order valence-electron chi connectivity index (χ1n) is 10.8. The molecule has 8 heteroatoms. The van der Waals surface area contributed by atoms with Crippen LogP contribution < -0.4 is 10.5 Å². The maximum Gasteiger partial charge on any atom is 0.269 e. The smallest absolute Gasteiger partial charge is 0.269 e. The Morgan fingerprint density at radius 2 is 1.59 bits per heavy atom. The minimum atomic E-state index is -0.659. The average Bonchev–Trinajstić information content (AvgIpc) is 3.22. The fourth-order valence-electron chi connectivity index (χ4n) is 3.58. The van der Waals surface area contributed by atoms with Crippen LogP contribution in [0.3, 0.4) is 0 Å². The van der Waals surface area contributed by atoms with Gasteiger partial charge in [-0.25, -0.2) is 15.0 Å². The zero-order valence-electron chi connectivity index (χ0n) is 18.4. The molecule has 2 aromatic heterocycles. The number of primary amides is 1. The SMILES string of the molecule is CCOc1ccc(-c2nc(C(N)=O)c3nc(Sc4ccccc4)n(-c4ccccc4)c3n2)cc1. The predicted molar refractivity (Wildman–Crippen MR) is 132 cm³/mol. The van der Waals surface area contributed by atoms with Crippen LogP contribution in [0.25, 0.3) is 28.2 Å². The Balaban J connectivity index is 1.73. The van der Waals surface area contributed by atoms with Crippen LogP contribution >= 0.6 is 11.8 Å². The van der Waals surface area contributed by atoms with E-state index in [4.69, 9.17) is 20.4 Å². The first-order valence-corrected chi connectivity index (χ1v) is 11.6. The second-order valence-electron chi connectivity index (χ2n) is 7.37. The van der Waals surface area contributed by atoms with E-state index >= 15 is 0 Å². The number of rotatable bonds is 7. The molecule has 5 rings (SSSR count). The summed E-state index contributed by atoms with van der Waals surface area (Å²) in [5, 5.41) is 0.660. The number of carbonyl (C=O) groups is 1. The van der Waals surface area contributed by atoms with E-state index in [0.29, 0.717) is 28.8 Å². The third kappa shape index (κ3) is 4.23. The third-order valence-corrected chi connectivity index (χ3v) is 6.06. The summed E-state index contributed by atoms with van der Waals surface area (Å²) in [4.78, 5) is 27.5. The number of para-hydroxylation sites is 1. The van der Waals surface area contributed by atoms with Crippen LogP contribution in [0.1, 0.15) is 17.4 Å². The molecule has 5 aromatic rings. The van der Waals surface area contributed by atoms with E-state index in [-0.39, 0.29) is 5.69 Å². The van der Waals surface area contributed by atoms with Gasteiger partial charge in [-0.2, -0.15) is 0 Å². The van der Waals surface area contributed by atoms with Gasteiger partial charge in [-0.3, -0.25) is 9.36 Å². The summed E-state index contributed by atoms with van der Waals surface area (Å²) in [7, 11) is 0. The molecular weight excluding hydrogens is 446 g/mol. The molecule has 0 radical (unpaired) electrons. The highest BCUT2D eigenvalue weighted by Gasteiger charge is 2.22. The van der Waals surface area contributed by atoms with Crippen molar-refractivity contribution < 1.29 is 9.53 Å². The number of benzene rings is 3.